The number of likely N-dealkylation sites (tertiary alicyclic amines) is 1. The van der Waals surface area contributed by atoms with Gasteiger partial charge >= 0.3 is 0 Å². The number of rotatable bonds is 5. The molecule has 2 aromatic rings. The standard InChI is InChI=1S/C17H24N4O2/c1-3-18-13-6-8-20(9-7-13)12-21-16-10-14(23-2)4-5-15(16)19-11-17(21)22/h4-5,10-11,13,18H,3,6-9,12H2,1-2H3. The largest absolute Gasteiger partial charge is 0.497 e. The van der Waals surface area contributed by atoms with Crippen LogP contribution in [0.4, 0.5) is 0 Å². The second-order valence-corrected chi connectivity index (χ2v) is 5.97. The summed E-state index contributed by atoms with van der Waals surface area (Å²) in [4.78, 5) is 18.9. The number of ether oxygens (including phenoxy) is 1. The third kappa shape index (κ3) is 3.54. The highest BCUT2D eigenvalue weighted by Gasteiger charge is 2.19. The summed E-state index contributed by atoms with van der Waals surface area (Å²) in [5.74, 6) is 0.740. The number of hydrogen-bond acceptors (Lipinski definition) is 5. The monoisotopic (exact) mass is 316 g/mol. The smallest absolute Gasteiger partial charge is 0.270 e. The molecule has 1 N–H and O–H groups in total. The van der Waals surface area contributed by atoms with Crippen molar-refractivity contribution in [3.05, 3.63) is 34.7 Å². The van der Waals surface area contributed by atoms with Crippen LogP contribution in [0.1, 0.15) is 19.8 Å². The van der Waals surface area contributed by atoms with E-state index in [4.69, 9.17) is 4.74 Å². The maximum absolute atomic E-state index is 12.3. The second-order valence-electron chi connectivity index (χ2n) is 5.97. The number of fused-ring (bicyclic) bond motifs is 1. The molecule has 1 fully saturated rings. The summed E-state index contributed by atoms with van der Waals surface area (Å²) in [5, 5.41) is 3.50. The van der Waals surface area contributed by atoms with E-state index >= 15 is 0 Å². The first kappa shape index (κ1) is 16.0. The summed E-state index contributed by atoms with van der Waals surface area (Å²) >= 11 is 0. The number of piperidine rings is 1. The Labute approximate surface area is 136 Å². The zero-order valence-electron chi connectivity index (χ0n) is 13.8. The molecule has 2 heterocycles. The molecule has 1 saturated heterocycles. The molecule has 6 nitrogen and oxygen atoms in total. The molecule has 6 heteroatoms. The fourth-order valence-electron chi connectivity index (χ4n) is 3.18. The van der Waals surface area contributed by atoms with Crippen LogP contribution in [-0.2, 0) is 6.67 Å². The highest BCUT2D eigenvalue weighted by atomic mass is 16.5. The van der Waals surface area contributed by atoms with Crippen molar-refractivity contribution in [3.63, 3.8) is 0 Å². The maximum atomic E-state index is 12.3. The quantitative estimate of drug-likeness (QED) is 0.904. The normalized spacial score (nSPS) is 16.8. The van der Waals surface area contributed by atoms with E-state index in [-0.39, 0.29) is 5.56 Å². The molecule has 0 unspecified atom stereocenters. The molecule has 0 bridgehead atoms. The Kier molecular flexibility index (Phi) is 4.93. The van der Waals surface area contributed by atoms with Gasteiger partial charge in [0.1, 0.15) is 5.75 Å². The number of nitrogens with zero attached hydrogens (tertiary/aromatic N) is 3. The lowest BCUT2D eigenvalue weighted by Crippen LogP contribution is -2.44. The van der Waals surface area contributed by atoms with Gasteiger partial charge in [-0.2, -0.15) is 0 Å². The van der Waals surface area contributed by atoms with Gasteiger partial charge in [0.25, 0.3) is 5.56 Å². The van der Waals surface area contributed by atoms with E-state index in [9.17, 15) is 4.79 Å². The second kappa shape index (κ2) is 7.10. The van der Waals surface area contributed by atoms with E-state index in [1.54, 1.807) is 11.7 Å². The molecule has 23 heavy (non-hydrogen) atoms. The molecule has 1 aromatic heterocycles. The van der Waals surface area contributed by atoms with Crippen LogP contribution in [0, 0.1) is 0 Å². The Morgan fingerprint density at radius 3 is 2.83 bits per heavy atom. The van der Waals surface area contributed by atoms with Crippen molar-refractivity contribution in [3.8, 4) is 5.75 Å². The van der Waals surface area contributed by atoms with Gasteiger partial charge in [0.05, 0.1) is 31.0 Å². The average Bonchev–Trinajstić information content (AvgIpc) is 2.59. The minimum atomic E-state index is -0.0699. The zero-order chi connectivity index (χ0) is 16.2. The Morgan fingerprint density at radius 1 is 1.35 bits per heavy atom. The highest BCUT2D eigenvalue weighted by molar-refractivity contribution is 5.76. The number of methoxy groups -OCH3 is 1. The summed E-state index contributed by atoms with van der Waals surface area (Å²) in [7, 11) is 1.63. The Balaban J connectivity index is 1.82. The predicted molar refractivity (Wildman–Crippen MR) is 90.8 cm³/mol. The van der Waals surface area contributed by atoms with E-state index < -0.39 is 0 Å². The minimum Gasteiger partial charge on any atom is -0.497 e. The molecule has 0 aliphatic carbocycles. The van der Waals surface area contributed by atoms with Gasteiger partial charge in [0.15, 0.2) is 0 Å². The lowest BCUT2D eigenvalue weighted by molar-refractivity contribution is 0.160. The van der Waals surface area contributed by atoms with Gasteiger partial charge in [-0.1, -0.05) is 6.92 Å². The van der Waals surface area contributed by atoms with Gasteiger partial charge < -0.3 is 10.1 Å². The average molecular weight is 316 g/mol. The minimum absolute atomic E-state index is 0.0699. The maximum Gasteiger partial charge on any atom is 0.270 e. The molecule has 1 aliphatic rings. The molecule has 124 valence electrons. The van der Waals surface area contributed by atoms with Gasteiger partial charge in [0.2, 0.25) is 0 Å². The van der Waals surface area contributed by atoms with E-state index in [1.165, 1.54) is 6.20 Å². The predicted octanol–water partition coefficient (Wildman–Crippen LogP) is 1.44. The molecule has 0 spiro atoms. The number of hydrogen-bond donors (Lipinski definition) is 1. The van der Waals surface area contributed by atoms with E-state index in [1.807, 2.05) is 18.2 Å². The van der Waals surface area contributed by atoms with Crippen molar-refractivity contribution in [2.45, 2.75) is 32.5 Å². The van der Waals surface area contributed by atoms with Crippen LogP contribution in [-0.4, -0.2) is 47.2 Å². The van der Waals surface area contributed by atoms with Crippen LogP contribution in [0.15, 0.2) is 29.2 Å². The van der Waals surface area contributed by atoms with Crippen LogP contribution in [0.5, 0.6) is 5.75 Å². The van der Waals surface area contributed by atoms with Crippen LogP contribution in [0.25, 0.3) is 11.0 Å². The van der Waals surface area contributed by atoms with E-state index in [0.29, 0.717) is 12.7 Å². The van der Waals surface area contributed by atoms with Crippen molar-refractivity contribution in [1.29, 1.82) is 0 Å². The summed E-state index contributed by atoms with van der Waals surface area (Å²) in [5.41, 5.74) is 1.57. The van der Waals surface area contributed by atoms with Gasteiger partial charge in [-0.25, -0.2) is 4.98 Å². The Bertz CT molecular complexity index is 720. The SMILES string of the molecule is CCNC1CCN(Cn2c(=O)cnc3ccc(OC)cc32)CC1. The third-order valence-electron chi connectivity index (χ3n) is 4.48. The molecule has 0 atom stereocenters. The molecule has 0 saturated carbocycles. The van der Waals surface area contributed by atoms with Crippen molar-refractivity contribution < 1.29 is 4.74 Å². The summed E-state index contributed by atoms with van der Waals surface area (Å²) < 4.78 is 7.07. The lowest BCUT2D eigenvalue weighted by atomic mass is 10.1. The molecule has 0 radical (unpaired) electrons. The van der Waals surface area contributed by atoms with Crippen molar-refractivity contribution in [1.82, 2.24) is 19.8 Å². The summed E-state index contributed by atoms with van der Waals surface area (Å²) in [6.07, 6.45) is 3.64. The van der Waals surface area contributed by atoms with Gasteiger partial charge in [-0.15, -0.1) is 0 Å². The first-order valence-electron chi connectivity index (χ1n) is 8.20. The van der Waals surface area contributed by atoms with Crippen molar-refractivity contribution in [2.75, 3.05) is 26.7 Å². The lowest BCUT2D eigenvalue weighted by Gasteiger charge is -2.32. The number of nitrogens with one attached hydrogen (secondary N) is 1. The van der Waals surface area contributed by atoms with Crippen molar-refractivity contribution >= 4 is 11.0 Å². The summed E-state index contributed by atoms with van der Waals surface area (Å²) in [6.45, 7) is 5.75. The topological polar surface area (TPSA) is 59.4 Å². The first-order chi connectivity index (χ1) is 11.2. The third-order valence-corrected chi connectivity index (χ3v) is 4.48. The van der Waals surface area contributed by atoms with Crippen LogP contribution in [0.2, 0.25) is 0 Å². The Hall–Kier alpha value is -1.92. The van der Waals surface area contributed by atoms with E-state index in [2.05, 4.69) is 22.1 Å². The highest BCUT2D eigenvalue weighted by Crippen LogP contribution is 2.19. The van der Waals surface area contributed by atoms with E-state index in [0.717, 1.165) is 49.3 Å². The van der Waals surface area contributed by atoms with Crippen LogP contribution >= 0.6 is 0 Å². The molecule has 3 rings (SSSR count). The Morgan fingerprint density at radius 2 is 2.13 bits per heavy atom. The van der Waals surface area contributed by atoms with Gasteiger partial charge in [0, 0.05) is 25.2 Å². The van der Waals surface area contributed by atoms with Crippen molar-refractivity contribution in [2.24, 2.45) is 0 Å². The van der Waals surface area contributed by atoms with Crippen LogP contribution in [0.3, 0.4) is 0 Å². The molecular formula is C17H24N4O2. The van der Waals surface area contributed by atoms with Gasteiger partial charge in [-0.3, -0.25) is 14.3 Å². The van der Waals surface area contributed by atoms with Crippen LogP contribution < -0.4 is 15.6 Å². The number of aromatic nitrogens is 2. The molecule has 1 aromatic carbocycles. The fraction of sp³-hybridized carbons (Fsp3) is 0.529. The molecule has 0 amide bonds. The molecule has 1 aliphatic heterocycles. The first-order valence-corrected chi connectivity index (χ1v) is 8.20. The number of benzene rings is 1. The molecular weight excluding hydrogens is 292 g/mol. The summed E-state index contributed by atoms with van der Waals surface area (Å²) in [6, 6.07) is 6.24. The fourth-order valence-corrected chi connectivity index (χ4v) is 3.18. The zero-order valence-corrected chi connectivity index (χ0v) is 13.8. The van der Waals surface area contributed by atoms with Gasteiger partial charge in [-0.05, 0) is 31.5 Å².